The van der Waals surface area contributed by atoms with Gasteiger partial charge in [0.25, 0.3) is 0 Å². The van der Waals surface area contributed by atoms with E-state index in [0.717, 1.165) is 21.0 Å². The van der Waals surface area contributed by atoms with E-state index >= 15 is 0 Å². The van der Waals surface area contributed by atoms with Crippen LogP contribution in [0.4, 0.5) is 5.00 Å². The molecule has 1 aliphatic rings. The molecule has 15 heavy (non-hydrogen) atoms. The van der Waals surface area contributed by atoms with Crippen LogP contribution in [0.2, 0.25) is 0 Å². The lowest BCUT2D eigenvalue weighted by Gasteiger charge is -2.24. The van der Waals surface area contributed by atoms with E-state index in [1.165, 1.54) is 0 Å². The van der Waals surface area contributed by atoms with E-state index in [1.807, 2.05) is 13.8 Å². The molecule has 2 heterocycles. The Labute approximate surface area is 95.6 Å². The van der Waals surface area contributed by atoms with Gasteiger partial charge in [-0.3, -0.25) is 4.31 Å². The molecule has 82 valence electrons. The maximum Gasteiger partial charge on any atom is 0.152 e. The zero-order chi connectivity index (χ0) is 11.3. The summed E-state index contributed by atoms with van der Waals surface area (Å²) in [5.74, 6) is 0.184. The van der Waals surface area contributed by atoms with Crippen LogP contribution in [-0.4, -0.2) is 16.4 Å². The molecule has 0 amide bonds. The van der Waals surface area contributed by atoms with Gasteiger partial charge in [-0.2, -0.15) is 0 Å². The van der Waals surface area contributed by atoms with Gasteiger partial charge < -0.3 is 5.11 Å². The molecule has 0 aromatic carbocycles. The first-order valence-corrected chi connectivity index (χ1v) is 6.53. The summed E-state index contributed by atoms with van der Waals surface area (Å²) in [7, 11) is 0.549. The van der Waals surface area contributed by atoms with Gasteiger partial charge in [-0.1, -0.05) is 0 Å². The number of anilines is 1. The number of hydrogen-bond donors (Lipinski definition) is 1. The van der Waals surface area contributed by atoms with Crippen LogP contribution in [0.15, 0.2) is 4.91 Å². The number of fused-ring (bicyclic) bond motifs is 1. The first-order chi connectivity index (χ1) is 6.95. The van der Waals surface area contributed by atoms with Crippen LogP contribution in [0.25, 0.3) is 5.76 Å². The Hall–Kier alpha value is -0.810. The SMILES string of the molecule is CC1=C(O)c2c(sc(C)c2C)N(C)S1=O. The largest absolute Gasteiger partial charge is 0.506 e. The molecule has 0 saturated heterocycles. The van der Waals surface area contributed by atoms with Crippen molar-refractivity contribution >= 4 is 33.1 Å². The number of aliphatic hydroxyl groups is 1. The molecule has 1 aromatic rings. The van der Waals surface area contributed by atoms with Gasteiger partial charge in [0.1, 0.15) is 10.8 Å². The van der Waals surface area contributed by atoms with Crippen molar-refractivity contribution in [2.45, 2.75) is 20.8 Å². The van der Waals surface area contributed by atoms with E-state index in [2.05, 4.69) is 0 Å². The average Bonchev–Trinajstić information content (AvgIpc) is 2.50. The third-order valence-corrected chi connectivity index (χ3v) is 5.53. The fraction of sp³-hybridized carbons (Fsp3) is 0.400. The average molecular weight is 243 g/mol. The van der Waals surface area contributed by atoms with Crippen molar-refractivity contribution in [3.8, 4) is 0 Å². The molecule has 0 bridgehead atoms. The molecule has 0 radical (unpaired) electrons. The Balaban J connectivity index is 2.78. The third kappa shape index (κ3) is 1.33. The number of aliphatic hydroxyl groups excluding tert-OH is 1. The molecule has 1 aliphatic heterocycles. The first kappa shape index (κ1) is 10.7. The second-order valence-electron chi connectivity index (χ2n) is 3.61. The molecule has 1 atom stereocenters. The van der Waals surface area contributed by atoms with E-state index in [1.54, 1.807) is 29.6 Å². The quantitative estimate of drug-likeness (QED) is 0.761. The van der Waals surface area contributed by atoms with Gasteiger partial charge in [0.2, 0.25) is 0 Å². The summed E-state index contributed by atoms with van der Waals surface area (Å²) in [6.45, 7) is 5.70. The molecule has 2 rings (SSSR count). The van der Waals surface area contributed by atoms with Crippen molar-refractivity contribution in [2.24, 2.45) is 0 Å². The number of thiophene rings is 1. The molecule has 5 heteroatoms. The summed E-state index contributed by atoms with van der Waals surface area (Å²) in [5, 5.41) is 10.9. The van der Waals surface area contributed by atoms with Crippen LogP contribution in [0.1, 0.15) is 22.9 Å². The van der Waals surface area contributed by atoms with Crippen LogP contribution in [0.3, 0.4) is 0 Å². The predicted octanol–water partition coefficient (Wildman–Crippen LogP) is 2.72. The van der Waals surface area contributed by atoms with Crippen LogP contribution < -0.4 is 4.31 Å². The maximum atomic E-state index is 11.8. The van der Waals surface area contributed by atoms with Crippen molar-refractivity contribution < 1.29 is 9.32 Å². The number of aryl methyl sites for hydroxylation is 1. The highest BCUT2D eigenvalue weighted by molar-refractivity contribution is 7.90. The second-order valence-corrected chi connectivity index (χ2v) is 6.48. The highest BCUT2D eigenvalue weighted by Crippen LogP contribution is 2.43. The summed E-state index contributed by atoms with van der Waals surface area (Å²) in [4.78, 5) is 1.69. The molecule has 0 spiro atoms. The monoisotopic (exact) mass is 243 g/mol. The van der Waals surface area contributed by atoms with Crippen molar-refractivity contribution in [1.29, 1.82) is 0 Å². The van der Waals surface area contributed by atoms with Crippen LogP contribution in [0.5, 0.6) is 0 Å². The zero-order valence-electron chi connectivity index (χ0n) is 9.12. The molecule has 1 N–H and O–H groups in total. The first-order valence-electron chi connectivity index (χ1n) is 4.61. The normalized spacial score (nSPS) is 20.8. The minimum atomic E-state index is -1.24. The summed E-state index contributed by atoms with van der Waals surface area (Å²) in [6.07, 6.45) is 0. The number of hydrogen-bond acceptors (Lipinski definition) is 3. The van der Waals surface area contributed by atoms with E-state index < -0.39 is 11.0 Å². The number of nitrogens with zero attached hydrogens (tertiary/aromatic N) is 1. The lowest BCUT2D eigenvalue weighted by molar-refractivity contribution is 0.508. The molecule has 1 unspecified atom stereocenters. The summed E-state index contributed by atoms with van der Waals surface area (Å²) >= 11 is 1.57. The summed E-state index contributed by atoms with van der Waals surface area (Å²) in [5.41, 5.74) is 1.92. The van der Waals surface area contributed by atoms with Crippen LogP contribution in [0, 0.1) is 13.8 Å². The fourth-order valence-electron chi connectivity index (χ4n) is 1.65. The minimum absolute atomic E-state index is 0.184. The predicted molar refractivity (Wildman–Crippen MR) is 65.6 cm³/mol. The molecule has 0 fully saturated rings. The Kier molecular flexibility index (Phi) is 2.39. The third-order valence-electron chi connectivity index (χ3n) is 2.73. The van der Waals surface area contributed by atoms with E-state index in [-0.39, 0.29) is 5.76 Å². The highest BCUT2D eigenvalue weighted by atomic mass is 32.2. The van der Waals surface area contributed by atoms with Crippen LogP contribution >= 0.6 is 11.3 Å². The second kappa shape index (κ2) is 3.35. The van der Waals surface area contributed by atoms with Gasteiger partial charge in [-0.05, 0) is 26.3 Å². The molecule has 3 nitrogen and oxygen atoms in total. The molecule has 0 aliphatic carbocycles. The van der Waals surface area contributed by atoms with Gasteiger partial charge >= 0.3 is 0 Å². The zero-order valence-corrected chi connectivity index (χ0v) is 10.8. The molecule has 1 aromatic heterocycles. The lowest BCUT2D eigenvalue weighted by atomic mass is 10.1. The van der Waals surface area contributed by atoms with Gasteiger partial charge in [0.15, 0.2) is 11.0 Å². The van der Waals surface area contributed by atoms with Crippen molar-refractivity contribution in [2.75, 3.05) is 11.4 Å². The fourth-order valence-corrected chi connectivity index (χ4v) is 3.91. The van der Waals surface area contributed by atoms with Crippen molar-refractivity contribution in [3.05, 3.63) is 20.9 Å². The number of allylic oxidation sites excluding steroid dienone is 1. The van der Waals surface area contributed by atoms with Crippen LogP contribution in [-0.2, 0) is 11.0 Å². The van der Waals surface area contributed by atoms with Gasteiger partial charge in [-0.15, -0.1) is 11.3 Å². The Morgan fingerprint density at radius 2 is 1.93 bits per heavy atom. The highest BCUT2D eigenvalue weighted by Gasteiger charge is 2.30. The summed E-state index contributed by atoms with van der Waals surface area (Å²) in [6, 6.07) is 0. The Morgan fingerprint density at radius 1 is 1.33 bits per heavy atom. The van der Waals surface area contributed by atoms with E-state index in [0.29, 0.717) is 4.91 Å². The van der Waals surface area contributed by atoms with Crippen molar-refractivity contribution in [3.63, 3.8) is 0 Å². The standard InChI is InChI=1S/C10H13NO2S2/c1-5-6(2)14-10-8(5)9(12)7(3)15(13)11(10)4/h12H,1-4H3. The van der Waals surface area contributed by atoms with Gasteiger partial charge in [-0.25, -0.2) is 4.21 Å². The van der Waals surface area contributed by atoms with Gasteiger partial charge in [0, 0.05) is 11.9 Å². The topological polar surface area (TPSA) is 40.5 Å². The Morgan fingerprint density at radius 3 is 2.53 bits per heavy atom. The summed E-state index contributed by atoms with van der Waals surface area (Å²) < 4.78 is 13.6. The van der Waals surface area contributed by atoms with Gasteiger partial charge in [0.05, 0.1) is 10.5 Å². The molecular weight excluding hydrogens is 230 g/mol. The lowest BCUT2D eigenvalue weighted by Crippen LogP contribution is -2.24. The Bertz CT molecular complexity index is 488. The van der Waals surface area contributed by atoms with E-state index in [9.17, 15) is 9.32 Å². The molecule has 0 saturated carbocycles. The number of rotatable bonds is 0. The smallest absolute Gasteiger partial charge is 0.152 e. The van der Waals surface area contributed by atoms with Crippen molar-refractivity contribution in [1.82, 2.24) is 0 Å². The van der Waals surface area contributed by atoms with E-state index in [4.69, 9.17) is 0 Å². The maximum absolute atomic E-state index is 11.8. The molecular formula is C10H13NO2S2. The minimum Gasteiger partial charge on any atom is -0.506 e.